The molecule has 1 amide bonds. The number of rotatable bonds is 4. The van der Waals surface area contributed by atoms with Crippen molar-refractivity contribution in [1.82, 2.24) is 4.90 Å². The van der Waals surface area contributed by atoms with Gasteiger partial charge in [0.2, 0.25) is 5.91 Å². The van der Waals surface area contributed by atoms with Gasteiger partial charge in [-0.2, -0.15) is 0 Å². The molecule has 0 radical (unpaired) electrons. The normalized spacial score (nSPS) is 19.1. The lowest BCUT2D eigenvalue weighted by molar-refractivity contribution is -0.140. The zero-order valence-electron chi connectivity index (χ0n) is 12.9. The van der Waals surface area contributed by atoms with Crippen LogP contribution in [0.3, 0.4) is 0 Å². The molecule has 0 N–H and O–H groups in total. The Balaban J connectivity index is 1.51. The van der Waals surface area contributed by atoms with E-state index in [2.05, 4.69) is 4.90 Å². The van der Waals surface area contributed by atoms with Crippen molar-refractivity contribution in [3.05, 3.63) is 28.3 Å². The number of amides is 1. The van der Waals surface area contributed by atoms with Crippen molar-refractivity contribution in [3.63, 3.8) is 0 Å². The number of carbonyl (C=O) groups is 1. The molecule has 0 atom stereocenters. The highest BCUT2D eigenvalue weighted by Gasteiger charge is 2.24. The standard InChI is InChI=1S/C16H22N2O4/c1-12-9-13(10-16(20)22-12)17-5-7-18(8-6-17)15(19)11-21-14-3-2-4-14/h9-10,14H,2-8,11H2,1H3. The summed E-state index contributed by atoms with van der Waals surface area (Å²) >= 11 is 0. The Labute approximate surface area is 129 Å². The Hall–Kier alpha value is -1.82. The van der Waals surface area contributed by atoms with Crippen molar-refractivity contribution >= 4 is 11.6 Å². The molecule has 22 heavy (non-hydrogen) atoms. The van der Waals surface area contributed by atoms with E-state index in [0.717, 1.165) is 31.6 Å². The van der Waals surface area contributed by atoms with E-state index in [1.807, 2.05) is 11.0 Å². The van der Waals surface area contributed by atoms with E-state index in [1.54, 1.807) is 6.92 Å². The third kappa shape index (κ3) is 3.50. The van der Waals surface area contributed by atoms with Crippen LogP contribution >= 0.6 is 0 Å². The third-order valence-electron chi connectivity index (χ3n) is 4.37. The van der Waals surface area contributed by atoms with E-state index in [9.17, 15) is 9.59 Å². The van der Waals surface area contributed by atoms with Crippen molar-refractivity contribution in [2.45, 2.75) is 32.3 Å². The number of ether oxygens (including phenoxy) is 1. The molecular weight excluding hydrogens is 284 g/mol. The number of piperazine rings is 1. The quantitative estimate of drug-likeness (QED) is 0.835. The molecule has 0 unspecified atom stereocenters. The van der Waals surface area contributed by atoms with Gasteiger partial charge in [0.25, 0.3) is 0 Å². The average molecular weight is 306 g/mol. The van der Waals surface area contributed by atoms with E-state index in [0.29, 0.717) is 18.8 Å². The second kappa shape index (κ2) is 6.52. The molecular formula is C16H22N2O4. The first kappa shape index (κ1) is 15.1. The summed E-state index contributed by atoms with van der Waals surface area (Å²) in [6, 6.07) is 3.36. The summed E-state index contributed by atoms with van der Waals surface area (Å²) in [5.41, 5.74) is 0.536. The van der Waals surface area contributed by atoms with Crippen LogP contribution in [0.2, 0.25) is 0 Å². The maximum Gasteiger partial charge on any atom is 0.337 e. The second-order valence-electron chi connectivity index (χ2n) is 5.98. The largest absolute Gasteiger partial charge is 0.428 e. The molecule has 120 valence electrons. The van der Waals surface area contributed by atoms with Crippen molar-refractivity contribution < 1.29 is 13.9 Å². The van der Waals surface area contributed by atoms with E-state index >= 15 is 0 Å². The van der Waals surface area contributed by atoms with E-state index in [-0.39, 0.29) is 24.2 Å². The zero-order valence-corrected chi connectivity index (χ0v) is 12.9. The molecule has 2 aliphatic rings. The third-order valence-corrected chi connectivity index (χ3v) is 4.37. The van der Waals surface area contributed by atoms with Crippen LogP contribution in [0.4, 0.5) is 5.69 Å². The molecule has 1 aliphatic carbocycles. The number of carbonyl (C=O) groups excluding carboxylic acids is 1. The number of anilines is 1. The lowest BCUT2D eigenvalue weighted by Gasteiger charge is -2.36. The maximum atomic E-state index is 12.1. The van der Waals surface area contributed by atoms with Crippen LogP contribution in [0.1, 0.15) is 25.0 Å². The maximum absolute atomic E-state index is 12.1. The minimum atomic E-state index is -0.331. The number of hydrogen-bond donors (Lipinski definition) is 0. The first-order chi connectivity index (χ1) is 10.6. The van der Waals surface area contributed by atoms with Crippen molar-refractivity contribution in [1.29, 1.82) is 0 Å². The molecule has 2 fully saturated rings. The lowest BCUT2D eigenvalue weighted by atomic mass is 9.96. The van der Waals surface area contributed by atoms with Gasteiger partial charge in [-0.3, -0.25) is 4.79 Å². The zero-order chi connectivity index (χ0) is 15.5. The lowest BCUT2D eigenvalue weighted by Crippen LogP contribution is -2.50. The minimum absolute atomic E-state index is 0.0651. The van der Waals surface area contributed by atoms with Crippen LogP contribution in [0.15, 0.2) is 21.3 Å². The first-order valence-corrected chi connectivity index (χ1v) is 7.88. The Morgan fingerprint density at radius 3 is 2.59 bits per heavy atom. The molecule has 1 aliphatic heterocycles. The molecule has 0 spiro atoms. The predicted molar refractivity (Wildman–Crippen MR) is 82.1 cm³/mol. The molecule has 1 aromatic heterocycles. The van der Waals surface area contributed by atoms with Crippen molar-refractivity contribution in [2.24, 2.45) is 0 Å². The van der Waals surface area contributed by atoms with Gasteiger partial charge in [-0.25, -0.2) is 4.79 Å². The molecule has 1 saturated heterocycles. The van der Waals surface area contributed by atoms with Gasteiger partial charge >= 0.3 is 5.63 Å². The highest BCUT2D eigenvalue weighted by Crippen LogP contribution is 2.22. The van der Waals surface area contributed by atoms with Crippen LogP contribution in [0.25, 0.3) is 0 Å². The predicted octanol–water partition coefficient (Wildman–Crippen LogP) is 1.17. The van der Waals surface area contributed by atoms with Crippen LogP contribution in [0.5, 0.6) is 0 Å². The van der Waals surface area contributed by atoms with Crippen molar-refractivity contribution in [2.75, 3.05) is 37.7 Å². The van der Waals surface area contributed by atoms with E-state index in [1.165, 1.54) is 12.5 Å². The van der Waals surface area contributed by atoms with Gasteiger partial charge < -0.3 is 19.0 Å². The number of aryl methyl sites for hydroxylation is 1. The molecule has 6 nitrogen and oxygen atoms in total. The van der Waals surface area contributed by atoms with Crippen LogP contribution in [-0.4, -0.2) is 49.7 Å². The fourth-order valence-electron chi connectivity index (χ4n) is 2.80. The highest BCUT2D eigenvalue weighted by molar-refractivity contribution is 5.77. The molecule has 0 bridgehead atoms. The summed E-state index contributed by atoms with van der Waals surface area (Å²) in [5, 5.41) is 0. The average Bonchev–Trinajstić information content (AvgIpc) is 2.44. The Bertz CT molecular complexity index is 586. The molecule has 0 aromatic carbocycles. The van der Waals surface area contributed by atoms with Crippen LogP contribution in [-0.2, 0) is 9.53 Å². The summed E-state index contributed by atoms with van der Waals surface area (Å²) in [4.78, 5) is 27.5. The second-order valence-corrected chi connectivity index (χ2v) is 5.98. The minimum Gasteiger partial charge on any atom is -0.428 e. The summed E-state index contributed by atoms with van der Waals surface area (Å²) in [6.07, 6.45) is 3.66. The molecule has 1 saturated carbocycles. The monoisotopic (exact) mass is 306 g/mol. The van der Waals surface area contributed by atoms with Gasteiger partial charge in [0.15, 0.2) is 0 Å². The Kier molecular flexibility index (Phi) is 4.47. The number of hydrogen-bond acceptors (Lipinski definition) is 5. The van der Waals surface area contributed by atoms with Gasteiger partial charge in [-0.1, -0.05) is 0 Å². The van der Waals surface area contributed by atoms with Gasteiger partial charge in [0.05, 0.1) is 6.10 Å². The van der Waals surface area contributed by atoms with Gasteiger partial charge in [0, 0.05) is 37.9 Å². The fraction of sp³-hybridized carbons (Fsp3) is 0.625. The Morgan fingerprint density at radius 2 is 2.00 bits per heavy atom. The molecule has 3 rings (SSSR count). The Morgan fingerprint density at radius 1 is 1.27 bits per heavy atom. The topological polar surface area (TPSA) is 63.0 Å². The smallest absolute Gasteiger partial charge is 0.337 e. The summed E-state index contributed by atoms with van der Waals surface area (Å²) < 4.78 is 10.6. The van der Waals surface area contributed by atoms with Gasteiger partial charge in [0.1, 0.15) is 12.4 Å². The molecule has 6 heteroatoms. The first-order valence-electron chi connectivity index (χ1n) is 7.88. The van der Waals surface area contributed by atoms with Crippen LogP contribution in [0, 0.1) is 6.92 Å². The van der Waals surface area contributed by atoms with E-state index in [4.69, 9.17) is 9.15 Å². The summed E-state index contributed by atoms with van der Waals surface area (Å²) in [6.45, 7) is 4.72. The van der Waals surface area contributed by atoms with Gasteiger partial charge in [-0.05, 0) is 32.3 Å². The highest BCUT2D eigenvalue weighted by atomic mass is 16.5. The van der Waals surface area contributed by atoms with Crippen LogP contribution < -0.4 is 10.5 Å². The molecule has 1 aromatic rings. The SMILES string of the molecule is Cc1cc(N2CCN(C(=O)COC3CCC3)CC2)cc(=O)o1. The fourth-order valence-corrected chi connectivity index (χ4v) is 2.80. The summed E-state index contributed by atoms with van der Waals surface area (Å²) in [7, 11) is 0. The van der Waals surface area contributed by atoms with E-state index < -0.39 is 0 Å². The summed E-state index contributed by atoms with van der Waals surface area (Å²) in [5.74, 6) is 0.671. The molecule has 2 heterocycles. The van der Waals surface area contributed by atoms with Gasteiger partial charge in [-0.15, -0.1) is 0 Å². The number of nitrogens with zero attached hydrogens (tertiary/aromatic N) is 2. The van der Waals surface area contributed by atoms with Crippen molar-refractivity contribution in [3.8, 4) is 0 Å².